The summed E-state index contributed by atoms with van der Waals surface area (Å²) in [6, 6.07) is 14.4. The first-order valence-corrected chi connectivity index (χ1v) is 9.16. The van der Waals surface area contributed by atoms with Gasteiger partial charge in [-0.15, -0.1) is 0 Å². The second-order valence-corrected chi connectivity index (χ2v) is 7.04. The molecule has 0 amide bonds. The number of hydrogen-bond donors (Lipinski definition) is 1. The van der Waals surface area contributed by atoms with Crippen molar-refractivity contribution < 1.29 is 23.1 Å². The van der Waals surface area contributed by atoms with Crippen molar-refractivity contribution in [2.75, 3.05) is 0 Å². The molecule has 4 aromatic rings. The lowest BCUT2D eigenvalue weighted by molar-refractivity contribution is -0.137. The number of fused-ring (bicyclic) bond motifs is 1. The summed E-state index contributed by atoms with van der Waals surface area (Å²) in [5.74, 6) is -1.18. The van der Waals surface area contributed by atoms with Crippen molar-refractivity contribution in [3.63, 3.8) is 0 Å². The van der Waals surface area contributed by atoms with E-state index in [0.29, 0.717) is 22.3 Å². The van der Waals surface area contributed by atoms with Crippen LogP contribution in [-0.2, 0) is 6.18 Å². The third-order valence-electron chi connectivity index (χ3n) is 5.15. The van der Waals surface area contributed by atoms with Gasteiger partial charge in [0.2, 0.25) is 0 Å². The number of pyridine rings is 1. The quantitative estimate of drug-likeness (QED) is 0.449. The van der Waals surface area contributed by atoms with Crippen LogP contribution in [0.4, 0.5) is 13.2 Å². The Labute approximate surface area is 170 Å². The molecule has 0 aliphatic carbocycles. The summed E-state index contributed by atoms with van der Waals surface area (Å²) in [4.78, 5) is 15.8. The molecule has 0 fully saturated rings. The van der Waals surface area contributed by atoms with Crippen molar-refractivity contribution >= 4 is 16.9 Å². The summed E-state index contributed by atoms with van der Waals surface area (Å²) in [5.41, 5.74) is 1.27. The molecule has 30 heavy (non-hydrogen) atoms. The molecule has 0 atom stereocenters. The van der Waals surface area contributed by atoms with E-state index in [2.05, 4.69) is 4.98 Å². The molecule has 2 aromatic carbocycles. The van der Waals surface area contributed by atoms with Crippen LogP contribution in [0.25, 0.3) is 27.7 Å². The van der Waals surface area contributed by atoms with Gasteiger partial charge in [0.25, 0.3) is 0 Å². The highest BCUT2D eigenvalue weighted by atomic mass is 19.4. The van der Waals surface area contributed by atoms with Gasteiger partial charge < -0.3 is 9.67 Å². The minimum Gasteiger partial charge on any atom is -0.478 e. The van der Waals surface area contributed by atoms with Gasteiger partial charge in [-0.1, -0.05) is 30.3 Å². The number of halogens is 3. The number of para-hydroxylation sites is 1. The highest BCUT2D eigenvalue weighted by Crippen LogP contribution is 2.39. The molecule has 0 unspecified atom stereocenters. The third-order valence-corrected chi connectivity index (χ3v) is 5.15. The number of alkyl halides is 3. The zero-order chi connectivity index (χ0) is 21.6. The van der Waals surface area contributed by atoms with Crippen molar-refractivity contribution in [2.24, 2.45) is 0 Å². The molecule has 2 aromatic heterocycles. The van der Waals surface area contributed by atoms with E-state index in [-0.39, 0.29) is 16.9 Å². The maximum Gasteiger partial charge on any atom is 0.418 e. The summed E-state index contributed by atoms with van der Waals surface area (Å²) in [5, 5.41) is 10.2. The summed E-state index contributed by atoms with van der Waals surface area (Å²) in [6.07, 6.45) is -3.03. The molecule has 0 bridgehead atoms. The number of hydrogen-bond acceptors (Lipinski definition) is 2. The van der Waals surface area contributed by atoms with E-state index in [0.717, 1.165) is 11.5 Å². The van der Waals surface area contributed by atoms with Gasteiger partial charge in [0.1, 0.15) is 0 Å². The van der Waals surface area contributed by atoms with Crippen molar-refractivity contribution in [3.8, 4) is 16.8 Å². The van der Waals surface area contributed by atoms with E-state index in [4.69, 9.17) is 0 Å². The average Bonchev–Trinajstić information content (AvgIpc) is 3.01. The van der Waals surface area contributed by atoms with Crippen LogP contribution in [0.1, 0.15) is 27.3 Å². The van der Waals surface area contributed by atoms with Crippen LogP contribution in [-0.4, -0.2) is 20.6 Å². The topological polar surface area (TPSA) is 55.1 Å². The standard InChI is InChI=1S/C23H17F3N2O2/c1-13-11-18(22(29)30)14(2)28(13)20-9-8-16(12-19(20)23(24,25)26)17-7-3-5-15-6-4-10-27-21(15)17/h3-12H,1-2H3,(H,29,30). The largest absolute Gasteiger partial charge is 0.478 e. The van der Waals surface area contributed by atoms with Gasteiger partial charge in [-0.25, -0.2) is 4.79 Å². The maximum absolute atomic E-state index is 14.0. The van der Waals surface area contributed by atoms with E-state index in [1.54, 1.807) is 37.4 Å². The number of aryl methyl sites for hydroxylation is 1. The van der Waals surface area contributed by atoms with Crippen molar-refractivity contribution in [1.82, 2.24) is 9.55 Å². The number of carbonyl (C=O) groups is 1. The Balaban J connectivity index is 1.97. The Morgan fingerprint density at radius 2 is 1.77 bits per heavy atom. The second kappa shape index (κ2) is 7.02. The molecule has 152 valence electrons. The molecule has 0 saturated carbocycles. The van der Waals surface area contributed by atoms with Crippen molar-refractivity contribution in [1.29, 1.82) is 0 Å². The van der Waals surface area contributed by atoms with Gasteiger partial charge in [0, 0.05) is 28.5 Å². The number of benzene rings is 2. The minimum atomic E-state index is -4.63. The number of aromatic nitrogens is 2. The van der Waals surface area contributed by atoms with Crippen LogP contribution in [0.15, 0.2) is 60.8 Å². The van der Waals surface area contributed by atoms with Crippen LogP contribution in [0.2, 0.25) is 0 Å². The summed E-state index contributed by atoms with van der Waals surface area (Å²) >= 11 is 0. The molecule has 0 radical (unpaired) electrons. The molecular weight excluding hydrogens is 393 g/mol. The SMILES string of the molecule is Cc1cc(C(=O)O)c(C)n1-c1ccc(-c2cccc3cccnc23)cc1C(F)(F)F. The molecule has 4 rings (SSSR count). The van der Waals surface area contributed by atoms with Crippen LogP contribution in [0.3, 0.4) is 0 Å². The first-order chi connectivity index (χ1) is 14.2. The molecule has 2 heterocycles. The van der Waals surface area contributed by atoms with E-state index in [1.165, 1.54) is 23.6 Å². The lowest BCUT2D eigenvalue weighted by atomic mass is 9.98. The van der Waals surface area contributed by atoms with E-state index in [9.17, 15) is 23.1 Å². The normalized spacial score (nSPS) is 11.8. The molecule has 0 aliphatic heterocycles. The predicted molar refractivity (Wildman–Crippen MR) is 108 cm³/mol. The van der Waals surface area contributed by atoms with Gasteiger partial charge in [-0.2, -0.15) is 13.2 Å². The van der Waals surface area contributed by atoms with E-state index >= 15 is 0 Å². The number of rotatable bonds is 3. The molecular formula is C23H17F3N2O2. The van der Waals surface area contributed by atoms with Crippen LogP contribution < -0.4 is 0 Å². The number of carboxylic acids is 1. The molecule has 0 spiro atoms. The van der Waals surface area contributed by atoms with Gasteiger partial charge in [-0.3, -0.25) is 4.98 Å². The van der Waals surface area contributed by atoms with E-state index < -0.39 is 17.7 Å². The molecule has 0 aliphatic rings. The van der Waals surface area contributed by atoms with Crippen LogP contribution in [0.5, 0.6) is 0 Å². The highest BCUT2D eigenvalue weighted by molar-refractivity contribution is 5.94. The first kappa shape index (κ1) is 19.7. The molecule has 0 saturated heterocycles. The lowest BCUT2D eigenvalue weighted by Crippen LogP contribution is -2.13. The minimum absolute atomic E-state index is 0.0250. The number of nitrogens with zero attached hydrogens (tertiary/aromatic N) is 2. The average molecular weight is 410 g/mol. The lowest BCUT2D eigenvalue weighted by Gasteiger charge is -2.18. The molecule has 7 heteroatoms. The zero-order valence-electron chi connectivity index (χ0n) is 16.2. The highest BCUT2D eigenvalue weighted by Gasteiger charge is 2.35. The van der Waals surface area contributed by atoms with Crippen LogP contribution >= 0.6 is 0 Å². The zero-order valence-corrected chi connectivity index (χ0v) is 16.2. The fourth-order valence-corrected chi connectivity index (χ4v) is 3.81. The number of carboxylic acid groups (broad SMARTS) is 1. The molecule has 1 N–H and O–H groups in total. The Morgan fingerprint density at radius 1 is 1.03 bits per heavy atom. The van der Waals surface area contributed by atoms with E-state index in [1.807, 2.05) is 12.1 Å². The van der Waals surface area contributed by atoms with Gasteiger partial charge >= 0.3 is 12.1 Å². The summed E-state index contributed by atoms with van der Waals surface area (Å²) in [6.45, 7) is 3.08. The number of aromatic carboxylic acids is 1. The van der Waals surface area contributed by atoms with Gasteiger partial charge in [0.15, 0.2) is 0 Å². The fraction of sp³-hybridized carbons (Fsp3) is 0.130. The first-order valence-electron chi connectivity index (χ1n) is 9.16. The predicted octanol–water partition coefficient (Wildman–Crippen LogP) is 6.03. The third kappa shape index (κ3) is 3.22. The van der Waals surface area contributed by atoms with Gasteiger partial charge in [-0.05, 0) is 43.7 Å². The smallest absolute Gasteiger partial charge is 0.418 e. The van der Waals surface area contributed by atoms with Crippen molar-refractivity contribution in [3.05, 3.63) is 83.3 Å². The van der Waals surface area contributed by atoms with Crippen LogP contribution in [0, 0.1) is 13.8 Å². The monoisotopic (exact) mass is 410 g/mol. The molecule has 4 nitrogen and oxygen atoms in total. The Bertz CT molecular complexity index is 1280. The van der Waals surface area contributed by atoms with Crippen molar-refractivity contribution in [2.45, 2.75) is 20.0 Å². The second-order valence-electron chi connectivity index (χ2n) is 7.04. The fourth-order valence-electron chi connectivity index (χ4n) is 3.81. The Morgan fingerprint density at radius 3 is 2.43 bits per heavy atom. The maximum atomic E-state index is 14.0. The van der Waals surface area contributed by atoms with Gasteiger partial charge in [0.05, 0.1) is 22.3 Å². The Kier molecular flexibility index (Phi) is 4.61. The summed E-state index contributed by atoms with van der Waals surface area (Å²) in [7, 11) is 0. The summed E-state index contributed by atoms with van der Waals surface area (Å²) < 4.78 is 43.4. The Hall–Kier alpha value is -3.61.